The largest absolute Gasteiger partial charge is 0.296 e. The number of nitrogens with one attached hydrogen (secondary N) is 1. The van der Waals surface area contributed by atoms with Crippen molar-refractivity contribution in [1.29, 1.82) is 0 Å². The van der Waals surface area contributed by atoms with Gasteiger partial charge in [0.1, 0.15) is 0 Å². The second-order valence-electron chi connectivity index (χ2n) is 4.94. The Hall–Kier alpha value is -0.860. The van der Waals surface area contributed by atoms with Crippen LogP contribution in [-0.2, 0) is 9.59 Å². The summed E-state index contributed by atoms with van der Waals surface area (Å²) in [5, 5.41) is 2.46. The van der Waals surface area contributed by atoms with Gasteiger partial charge in [-0.1, -0.05) is 40.0 Å². The Bertz CT molecular complexity index is 263. The Balaban J connectivity index is 2.74. The van der Waals surface area contributed by atoms with E-state index in [1.165, 1.54) is 0 Å². The molecular weight excluding hydrogens is 202 g/mol. The molecule has 0 radical (unpaired) electrons. The van der Waals surface area contributed by atoms with Crippen molar-refractivity contribution in [2.75, 3.05) is 0 Å². The van der Waals surface area contributed by atoms with Crippen LogP contribution in [0.5, 0.6) is 0 Å². The van der Waals surface area contributed by atoms with Crippen LogP contribution in [0.2, 0.25) is 0 Å². The highest BCUT2D eigenvalue weighted by Crippen LogP contribution is 2.33. The maximum atomic E-state index is 11.8. The highest BCUT2D eigenvalue weighted by atomic mass is 16.2. The molecular formula is C13H23NO2. The zero-order valence-corrected chi connectivity index (χ0v) is 10.6. The van der Waals surface area contributed by atoms with E-state index in [-0.39, 0.29) is 23.7 Å². The van der Waals surface area contributed by atoms with Crippen molar-refractivity contribution >= 4 is 11.8 Å². The summed E-state index contributed by atoms with van der Waals surface area (Å²) >= 11 is 0. The van der Waals surface area contributed by atoms with Gasteiger partial charge in [-0.3, -0.25) is 14.9 Å². The minimum atomic E-state index is -0.0923. The molecule has 1 saturated heterocycles. The Morgan fingerprint density at radius 1 is 1.31 bits per heavy atom. The average molecular weight is 225 g/mol. The number of imide groups is 1. The normalized spacial score (nSPS) is 27.7. The van der Waals surface area contributed by atoms with Crippen LogP contribution in [0.1, 0.15) is 52.9 Å². The van der Waals surface area contributed by atoms with E-state index in [0.29, 0.717) is 12.3 Å². The molecule has 1 fully saturated rings. The number of hydrogen-bond donors (Lipinski definition) is 1. The Morgan fingerprint density at radius 3 is 2.56 bits per heavy atom. The van der Waals surface area contributed by atoms with Gasteiger partial charge in [-0.05, 0) is 18.3 Å². The second-order valence-corrected chi connectivity index (χ2v) is 4.94. The number of amides is 2. The summed E-state index contributed by atoms with van der Waals surface area (Å²) < 4.78 is 0. The first-order valence-corrected chi connectivity index (χ1v) is 6.43. The minimum absolute atomic E-state index is 0.0456. The number of carbonyl (C=O) groups excluding carboxylic acids is 2. The second kappa shape index (κ2) is 6.02. The molecule has 16 heavy (non-hydrogen) atoms. The van der Waals surface area contributed by atoms with Crippen LogP contribution in [0.15, 0.2) is 0 Å². The van der Waals surface area contributed by atoms with Crippen LogP contribution in [-0.4, -0.2) is 11.8 Å². The number of hydrogen-bond acceptors (Lipinski definition) is 2. The smallest absolute Gasteiger partial charge is 0.229 e. The van der Waals surface area contributed by atoms with Crippen molar-refractivity contribution in [3.8, 4) is 0 Å². The summed E-state index contributed by atoms with van der Waals surface area (Å²) in [6, 6.07) is 0. The van der Waals surface area contributed by atoms with Crippen LogP contribution in [0.4, 0.5) is 0 Å². The van der Waals surface area contributed by atoms with E-state index in [2.05, 4.69) is 26.1 Å². The van der Waals surface area contributed by atoms with Gasteiger partial charge in [-0.2, -0.15) is 0 Å². The molecule has 2 amide bonds. The summed E-state index contributed by atoms with van der Waals surface area (Å²) in [5.74, 6) is 0.623. The third-order valence-corrected chi connectivity index (χ3v) is 3.61. The van der Waals surface area contributed by atoms with E-state index in [4.69, 9.17) is 0 Å². The fourth-order valence-corrected chi connectivity index (χ4v) is 2.76. The van der Waals surface area contributed by atoms with Gasteiger partial charge < -0.3 is 0 Å². The van der Waals surface area contributed by atoms with Crippen molar-refractivity contribution in [1.82, 2.24) is 5.32 Å². The van der Waals surface area contributed by atoms with Gasteiger partial charge in [0.25, 0.3) is 0 Å². The highest BCUT2D eigenvalue weighted by Gasteiger charge is 2.37. The summed E-state index contributed by atoms with van der Waals surface area (Å²) in [6.45, 7) is 6.41. The third kappa shape index (κ3) is 3.06. The molecule has 3 unspecified atom stereocenters. The maximum Gasteiger partial charge on any atom is 0.229 e. The van der Waals surface area contributed by atoms with Crippen molar-refractivity contribution < 1.29 is 9.59 Å². The molecule has 1 rings (SSSR count). The predicted octanol–water partition coefficient (Wildman–Crippen LogP) is 2.50. The van der Waals surface area contributed by atoms with Gasteiger partial charge in [0.2, 0.25) is 11.8 Å². The molecule has 1 aliphatic rings. The fourth-order valence-electron chi connectivity index (χ4n) is 2.76. The molecule has 0 bridgehead atoms. The van der Waals surface area contributed by atoms with Crippen LogP contribution in [0, 0.1) is 17.8 Å². The van der Waals surface area contributed by atoms with E-state index in [0.717, 1.165) is 25.7 Å². The lowest BCUT2D eigenvalue weighted by Gasteiger charge is -2.34. The Labute approximate surface area is 98.0 Å². The Morgan fingerprint density at radius 2 is 2.00 bits per heavy atom. The van der Waals surface area contributed by atoms with Gasteiger partial charge in [0, 0.05) is 12.3 Å². The van der Waals surface area contributed by atoms with Crippen LogP contribution < -0.4 is 5.32 Å². The zero-order chi connectivity index (χ0) is 12.1. The van der Waals surface area contributed by atoms with Crippen LogP contribution in [0.3, 0.4) is 0 Å². The topological polar surface area (TPSA) is 46.2 Å². The lowest BCUT2D eigenvalue weighted by atomic mass is 9.74. The van der Waals surface area contributed by atoms with Crippen molar-refractivity contribution in [3.63, 3.8) is 0 Å². The molecule has 0 aromatic rings. The van der Waals surface area contributed by atoms with E-state index in [1.807, 2.05) is 0 Å². The molecule has 1 heterocycles. The average Bonchev–Trinajstić information content (AvgIpc) is 2.22. The monoisotopic (exact) mass is 225 g/mol. The molecule has 3 atom stereocenters. The van der Waals surface area contributed by atoms with Gasteiger partial charge in [0.15, 0.2) is 0 Å². The first kappa shape index (κ1) is 13.2. The molecule has 1 N–H and O–H groups in total. The quantitative estimate of drug-likeness (QED) is 0.731. The molecule has 0 aromatic heterocycles. The third-order valence-electron chi connectivity index (χ3n) is 3.61. The number of piperidine rings is 1. The zero-order valence-electron chi connectivity index (χ0n) is 10.6. The highest BCUT2D eigenvalue weighted by molar-refractivity contribution is 5.99. The van der Waals surface area contributed by atoms with Crippen molar-refractivity contribution in [2.24, 2.45) is 17.8 Å². The molecule has 1 aliphatic heterocycles. The summed E-state index contributed by atoms with van der Waals surface area (Å²) in [7, 11) is 0. The number of carbonyl (C=O) groups is 2. The first-order chi connectivity index (χ1) is 7.60. The molecule has 3 nitrogen and oxygen atoms in total. The van der Waals surface area contributed by atoms with Crippen molar-refractivity contribution in [3.05, 3.63) is 0 Å². The SMILES string of the molecule is CCCC(C)C1CC(=O)NC(=O)C1CCC. The van der Waals surface area contributed by atoms with Gasteiger partial charge in [0.05, 0.1) is 0 Å². The minimum Gasteiger partial charge on any atom is -0.296 e. The molecule has 0 aliphatic carbocycles. The van der Waals surface area contributed by atoms with Gasteiger partial charge in [-0.15, -0.1) is 0 Å². The molecule has 0 saturated carbocycles. The van der Waals surface area contributed by atoms with Crippen LogP contribution in [0.25, 0.3) is 0 Å². The van der Waals surface area contributed by atoms with Crippen molar-refractivity contribution in [2.45, 2.75) is 52.9 Å². The summed E-state index contributed by atoms with van der Waals surface area (Å²) in [5.41, 5.74) is 0. The van der Waals surface area contributed by atoms with E-state index in [1.54, 1.807) is 0 Å². The molecule has 0 spiro atoms. The lowest BCUT2D eigenvalue weighted by Crippen LogP contribution is -2.47. The van der Waals surface area contributed by atoms with Gasteiger partial charge in [-0.25, -0.2) is 0 Å². The van der Waals surface area contributed by atoms with E-state index < -0.39 is 0 Å². The summed E-state index contributed by atoms with van der Waals surface area (Å²) in [6.07, 6.45) is 4.65. The predicted molar refractivity (Wildman–Crippen MR) is 63.7 cm³/mol. The first-order valence-electron chi connectivity index (χ1n) is 6.43. The lowest BCUT2D eigenvalue weighted by molar-refractivity contribution is -0.140. The Kier molecular flexibility index (Phi) is 4.97. The molecule has 92 valence electrons. The maximum absolute atomic E-state index is 11.8. The van der Waals surface area contributed by atoms with Crippen LogP contribution >= 0.6 is 0 Å². The fraction of sp³-hybridized carbons (Fsp3) is 0.846. The number of rotatable bonds is 5. The van der Waals surface area contributed by atoms with E-state index >= 15 is 0 Å². The molecule has 3 heteroatoms. The summed E-state index contributed by atoms with van der Waals surface area (Å²) in [4.78, 5) is 23.2. The standard InChI is InChI=1S/C13H23NO2/c1-4-6-9(3)11-8-12(15)14-13(16)10(11)7-5-2/h9-11H,4-8H2,1-3H3,(H,14,15,16). The molecule has 0 aromatic carbocycles. The van der Waals surface area contributed by atoms with E-state index in [9.17, 15) is 9.59 Å². The van der Waals surface area contributed by atoms with Gasteiger partial charge >= 0.3 is 0 Å².